The number of halogens is 2. The van der Waals surface area contributed by atoms with Crippen LogP contribution in [0.2, 0.25) is 10.0 Å². The summed E-state index contributed by atoms with van der Waals surface area (Å²) in [6, 6.07) is 20.7. The maximum Gasteiger partial charge on any atom is 0.239 e. The van der Waals surface area contributed by atoms with E-state index >= 15 is 0 Å². The van der Waals surface area contributed by atoms with Crippen molar-refractivity contribution in [3.8, 4) is 5.75 Å². The molecule has 0 bridgehead atoms. The molecule has 0 aromatic heterocycles. The molecule has 1 atom stereocenters. The van der Waals surface area contributed by atoms with Gasteiger partial charge in [0.05, 0.1) is 7.11 Å². The number of ether oxygens (including phenoxy) is 1. The van der Waals surface area contributed by atoms with E-state index in [1.807, 2.05) is 60.7 Å². The summed E-state index contributed by atoms with van der Waals surface area (Å²) in [4.78, 5) is 13.3. The van der Waals surface area contributed by atoms with Crippen LogP contribution >= 0.6 is 23.2 Å². The minimum Gasteiger partial charge on any atom is -0.497 e. The molecule has 1 aliphatic heterocycles. The van der Waals surface area contributed by atoms with E-state index in [4.69, 9.17) is 27.9 Å². The van der Waals surface area contributed by atoms with Crippen LogP contribution in [0.15, 0.2) is 66.7 Å². The van der Waals surface area contributed by atoms with Gasteiger partial charge in [-0.15, -0.1) is 0 Å². The van der Waals surface area contributed by atoms with Crippen molar-refractivity contribution in [3.63, 3.8) is 0 Å². The molecule has 4 rings (SSSR count). The van der Waals surface area contributed by atoms with Gasteiger partial charge in [0.1, 0.15) is 11.2 Å². The van der Waals surface area contributed by atoms with Gasteiger partial charge in [-0.25, -0.2) is 0 Å². The molecule has 1 heterocycles. The number of hydrogen-bond acceptors (Lipinski definition) is 2. The fraction of sp³-hybridized carbons (Fsp3) is 0.136. The van der Waals surface area contributed by atoms with E-state index in [2.05, 4.69) is 5.32 Å². The zero-order chi connectivity index (χ0) is 19.0. The lowest BCUT2D eigenvalue weighted by Gasteiger charge is -2.29. The summed E-state index contributed by atoms with van der Waals surface area (Å²) in [5.41, 5.74) is 2.57. The highest BCUT2D eigenvalue weighted by atomic mass is 35.5. The highest BCUT2D eigenvalue weighted by molar-refractivity contribution is 6.31. The highest BCUT2D eigenvalue weighted by Gasteiger charge is 2.48. The van der Waals surface area contributed by atoms with Crippen LogP contribution in [0.1, 0.15) is 16.7 Å². The predicted molar refractivity (Wildman–Crippen MR) is 109 cm³/mol. The van der Waals surface area contributed by atoms with Crippen molar-refractivity contribution in [2.75, 3.05) is 12.4 Å². The molecule has 0 fully saturated rings. The minimum absolute atomic E-state index is 0.0898. The van der Waals surface area contributed by atoms with Crippen molar-refractivity contribution < 1.29 is 9.53 Å². The quantitative estimate of drug-likeness (QED) is 0.632. The standard InChI is InChI=1S/C22H17Cl2NO2/c1-27-18-7-3-5-15(11-18)22(13-14-4-2-6-16(23)10-14)19-9-8-17(24)12-20(19)25-21(22)26/h2-12H,13H2,1H3,(H,25,26)/t22-/m1/s1. The maximum absolute atomic E-state index is 13.3. The summed E-state index contributed by atoms with van der Waals surface area (Å²) in [6.45, 7) is 0. The van der Waals surface area contributed by atoms with Gasteiger partial charge in [0.2, 0.25) is 5.91 Å². The normalized spacial score (nSPS) is 18.1. The summed E-state index contributed by atoms with van der Waals surface area (Å²) in [5.74, 6) is 0.612. The molecule has 0 unspecified atom stereocenters. The Morgan fingerprint density at radius 3 is 2.52 bits per heavy atom. The van der Waals surface area contributed by atoms with E-state index in [9.17, 15) is 4.79 Å². The Labute approximate surface area is 167 Å². The molecule has 3 aromatic carbocycles. The molecular formula is C22H17Cl2NO2. The first kappa shape index (κ1) is 17.9. The third-order valence-corrected chi connectivity index (χ3v) is 5.47. The Hall–Kier alpha value is -2.49. The summed E-state index contributed by atoms with van der Waals surface area (Å²) < 4.78 is 5.40. The van der Waals surface area contributed by atoms with Gasteiger partial charge >= 0.3 is 0 Å². The molecule has 1 aliphatic rings. The maximum atomic E-state index is 13.3. The fourth-order valence-corrected chi connectivity index (χ4v) is 4.13. The molecule has 136 valence electrons. The van der Waals surface area contributed by atoms with Gasteiger partial charge in [-0.3, -0.25) is 4.79 Å². The molecule has 0 aliphatic carbocycles. The van der Waals surface area contributed by atoms with Gasteiger partial charge in [0.15, 0.2) is 0 Å². The molecule has 3 nitrogen and oxygen atoms in total. The Morgan fingerprint density at radius 1 is 0.963 bits per heavy atom. The molecule has 0 saturated heterocycles. The average Bonchev–Trinajstić information content (AvgIpc) is 2.93. The first-order valence-corrected chi connectivity index (χ1v) is 9.29. The first-order valence-electron chi connectivity index (χ1n) is 8.53. The Kier molecular flexibility index (Phi) is 4.58. The number of nitrogens with one attached hydrogen (secondary N) is 1. The van der Waals surface area contributed by atoms with Crippen molar-refractivity contribution in [1.29, 1.82) is 0 Å². The zero-order valence-electron chi connectivity index (χ0n) is 14.6. The van der Waals surface area contributed by atoms with Crippen LogP contribution in [0.3, 0.4) is 0 Å². The van der Waals surface area contributed by atoms with Gasteiger partial charge < -0.3 is 10.1 Å². The van der Waals surface area contributed by atoms with Crippen LogP contribution in [0.4, 0.5) is 5.69 Å². The molecular weight excluding hydrogens is 381 g/mol. The number of fused-ring (bicyclic) bond motifs is 1. The van der Waals surface area contributed by atoms with Crippen molar-refractivity contribution in [2.24, 2.45) is 0 Å². The lowest BCUT2D eigenvalue weighted by atomic mass is 9.71. The molecule has 5 heteroatoms. The smallest absolute Gasteiger partial charge is 0.239 e. The predicted octanol–water partition coefficient (Wildman–Crippen LogP) is 5.48. The lowest BCUT2D eigenvalue weighted by Crippen LogP contribution is -2.38. The summed E-state index contributed by atoms with van der Waals surface area (Å²) >= 11 is 12.3. The van der Waals surface area contributed by atoms with Crippen LogP contribution < -0.4 is 10.1 Å². The van der Waals surface area contributed by atoms with Crippen molar-refractivity contribution >= 4 is 34.8 Å². The first-order chi connectivity index (χ1) is 13.0. The average molecular weight is 398 g/mol. The van der Waals surface area contributed by atoms with Crippen LogP contribution in [-0.2, 0) is 16.6 Å². The number of carbonyl (C=O) groups is 1. The third kappa shape index (κ3) is 3.07. The second kappa shape index (κ2) is 6.91. The fourth-order valence-electron chi connectivity index (χ4n) is 3.75. The lowest BCUT2D eigenvalue weighted by molar-refractivity contribution is -0.119. The van der Waals surface area contributed by atoms with Gasteiger partial charge in [0.25, 0.3) is 0 Å². The van der Waals surface area contributed by atoms with Crippen LogP contribution in [0, 0.1) is 0 Å². The molecule has 27 heavy (non-hydrogen) atoms. The largest absolute Gasteiger partial charge is 0.497 e. The molecule has 3 aromatic rings. The topological polar surface area (TPSA) is 38.3 Å². The van der Waals surface area contributed by atoms with Crippen molar-refractivity contribution in [2.45, 2.75) is 11.8 Å². The Balaban J connectivity index is 1.95. The summed E-state index contributed by atoms with van der Waals surface area (Å²) in [6.07, 6.45) is 0.473. The number of anilines is 1. The number of benzene rings is 3. The van der Waals surface area contributed by atoms with E-state index in [-0.39, 0.29) is 5.91 Å². The van der Waals surface area contributed by atoms with Crippen molar-refractivity contribution in [3.05, 3.63) is 93.5 Å². The minimum atomic E-state index is -0.890. The number of carbonyl (C=O) groups excluding carboxylic acids is 1. The van der Waals surface area contributed by atoms with Crippen LogP contribution in [0.25, 0.3) is 0 Å². The van der Waals surface area contributed by atoms with E-state index < -0.39 is 5.41 Å². The van der Waals surface area contributed by atoms with Crippen molar-refractivity contribution in [1.82, 2.24) is 0 Å². The molecule has 0 saturated carbocycles. The number of hydrogen-bond donors (Lipinski definition) is 1. The van der Waals surface area contributed by atoms with E-state index in [1.165, 1.54) is 0 Å². The van der Waals surface area contributed by atoms with Gasteiger partial charge in [0, 0.05) is 15.7 Å². The zero-order valence-corrected chi connectivity index (χ0v) is 16.1. The SMILES string of the molecule is COc1cccc([C@@]2(Cc3cccc(Cl)c3)C(=O)Nc3cc(Cl)ccc32)c1. The van der Waals surface area contributed by atoms with Crippen LogP contribution in [-0.4, -0.2) is 13.0 Å². The van der Waals surface area contributed by atoms with Gasteiger partial charge in [-0.05, 0) is 59.5 Å². The second-order valence-corrected chi connectivity index (χ2v) is 7.46. The van der Waals surface area contributed by atoms with E-state index in [0.29, 0.717) is 22.2 Å². The highest BCUT2D eigenvalue weighted by Crippen LogP contribution is 2.46. The van der Waals surface area contributed by atoms with E-state index in [0.717, 1.165) is 22.4 Å². The second-order valence-electron chi connectivity index (χ2n) is 6.59. The monoisotopic (exact) mass is 397 g/mol. The number of rotatable bonds is 4. The van der Waals surface area contributed by atoms with Gasteiger partial charge in [-0.2, -0.15) is 0 Å². The molecule has 0 radical (unpaired) electrons. The summed E-state index contributed by atoms with van der Waals surface area (Å²) in [5, 5.41) is 4.23. The Bertz CT molecular complexity index is 1030. The van der Waals surface area contributed by atoms with Crippen LogP contribution in [0.5, 0.6) is 5.75 Å². The summed E-state index contributed by atoms with van der Waals surface area (Å²) in [7, 11) is 1.62. The number of amides is 1. The van der Waals surface area contributed by atoms with Gasteiger partial charge in [-0.1, -0.05) is 53.5 Å². The molecule has 1 N–H and O–H groups in total. The Morgan fingerprint density at radius 2 is 1.74 bits per heavy atom. The molecule has 1 amide bonds. The van der Waals surface area contributed by atoms with E-state index in [1.54, 1.807) is 13.2 Å². The third-order valence-electron chi connectivity index (χ3n) is 5.00. The molecule has 0 spiro atoms. The number of methoxy groups -OCH3 is 1.